The maximum atomic E-state index is 12.8. The van der Waals surface area contributed by atoms with E-state index >= 15 is 0 Å². The molecule has 1 N–H and O–H groups in total. The highest BCUT2D eigenvalue weighted by Gasteiger charge is 2.32. The molecular weight excluding hydrogens is 404 g/mol. The number of benzene rings is 1. The van der Waals surface area contributed by atoms with E-state index in [2.05, 4.69) is 0 Å². The van der Waals surface area contributed by atoms with E-state index in [1.807, 2.05) is 6.92 Å². The number of hydrogen-bond donors (Lipinski definition) is 1. The molecular formula is C18H28N2O6S2. The molecule has 0 aromatic heterocycles. The summed E-state index contributed by atoms with van der Waals surface area (Å²) in [5.41, 5.74) is 0.707. The molecule has 0 bridgehead atoms. The first-order valence-corrected chi connectivity index (χ1v) is 12.6. The third kappa shape index (κ3) is 5.68. The van der Waals surface area contributed by atoms with Crippen LogP contribution in [-0.2, 0) is 24.7 Å². The van der Waals surface area contributed by atoms with Crippen molar-refractivity contribution in [1.82, 2.24) is 9.21 Å². The first-order chi connectivity index (χ1) is 13.1. The fraction of sp³-hybridized carbons (Fsp3) is 0.611. The Balaban J connectivity index is 1.98. The van der Waals surface area contributed by atoms with Gasteiger partial charge in [-0.3, -0.25) is 4.79 Å². The van der Waals surface area contributed by atoms with Crippen molar-refractivity contribution < 1.29 is 26.7 Å². The van der Waals surface area contributed by atoms with Gasteiger partial charge in [-0.15, -0.1) is 0 Å². The van der Waals surface area contributed by atoms with Crippen LogP contribution < -0.4 is 0 Å². The number of phenolic OH excluding ortho intramolecular Hbond substituents is 1. The second kappa shape index (κ2) is 9.23. The molecule has 1 fully saturated rings. The van der Waals surface area contributed by atoms with Gasteiger partial charge < -0.3 is 10.0 Å². The summed E-state index contributed by atoms with van der Waals surface area (Å²) in [7, 11) is -7.34. The summed E-state index contributed by atoms with van der Waals surface area (Å²) in [6.07, 6.45) is 2.24. The summed E-state index contributed by atoms with van der Waals surface area (Å²) in [5, 5.41) is 9.92. The fourth-order valence-electron chi connectivity index (χ4n) is 3.07. The first-order valence-electron chi connectivity index (χ1n) is 9.35. The molecule has 0 spiro atoms. The Labute approximate surface area is 167 Å². The standard InChI is InChI=1S/C18H28N2O6S2/c1-3-4-5-12-27(23,24)14-18(22)19-8-10-20(11-9-19)28(25,26)17-13-15(2)6-7-16(17)21/h6-7,13,21H,3-5,8-12,14H2,1-2H3. The summed E-state index contributed by atoms with van der Waals surface area (Å²) in [4.78, 5) is 13.5. The van der Waals surface area contributed by atoms with Gasteiger partial charge in [0.15, 0.2) is 9.84 Å². The van der Waals surface area contributed by atoms with Crippen LogP contribution in [0.3, 0.4) is 0 Å². The van der Waals surface area contributed by atoms with Gasteiger partial charge in [0.2, 0.25) is 15.9 Å². The van der Waals surface area contributed by atoms with Crippen LogP contribution in [0.4, 0.5) is 0 Å². The number of sulfonamides is 1. The van der Waals surface area contributed by atoms with Crippen LogP contribution in [0.25, 0.3) is 0 Å². The lowest BCUT2D eigenvalue weighted by Crippen LogP contribution is -2.51. The summed E-state index contributed by atoms with van der Waals surface area (Å²) in [5.74, 6) is -1.36. The van der Waals surface area contributed by atoms with E-state index in [1.165, 1.54) is 21.3 Å². The topological polar surface area (TPSA) is 112 Å². The lowest BCUT2D eigenvalue weighted by Gasteiger charge is -2.34. The summed E-state index contributed by atoms with van der Waals surface area (Å²) >= 11 is 0. The molecule has 28 heavy (non-hydrogen) atoms. The lowest BCUT2D eigenvalue weighted by molar-refractivity contribution is -0.129. The van der Waals surface area contributed by atoms with Gasteiger partial charge in [0.05, 0.1) is 5.75 Å². The van der Waals surface area contributed by atoms with Gasteiger partial charge in [0, 0.05) is 26.2 Å². The van der Waals surface area contributed by atoms with Gasteiger partial charge in [-0.1, -0.05) is 25.8 Å². The van der Waals surface area contributed by atoms with E-state index in [4.69, 9.17) is 0 Å². The van der Waals surface area contributed by atoms with Crippen LogP contribution in [-0.4, -0.2) is 74.7 Å². The number of carbonyl (C=O) groups excluding carboxylic acids is 1. The van der Waals surface area contributed by atoms with Crippen molar-refractivity contribution in [2.75, 3.05) is 37.7 Å². The van der Waals surface area contributed by atoms with Crippen molar-refractivity contribution in [3.8, 4) is 5.75 Å². The van der Waals surface area contributed by atoms with E-state index in [1.54, 1.807) is 13.0 Å². The Hall–Kier alpha value is -1.65. The molecule has 8 nitrogen and oxygen atoms in total. The van der Waals surface area contributed by atoms with E-state index in [9.17, 15) is 26.7 Å². The molecule has 0 aliphatic carbocycles. The van der Waals surface area contributed by atoms with Crippen molar-refractivity contribution in [1.29, 1.82) is 0 Å². The van der Waals surface area contributed by atoms with Crippen LogP contribution in [0.1, 0.15) is 31.7 Å². The SMILES string of the molecule is CCCCCS(=O)(=O)CC(=O)N1CCN(S(=O)(=O)c2cc(C)ccc2O)CC1. The van der Waals surface area contributed by atoms with E-state index in [-0.39, 0.29) is 42.6 Å². The van der Waals surface area contributed by atoms with Crippen LogP contribution in [0.15, 0.2) is 23.1 Å². The summed E-state index contributed by atoms with van der Waals surface area (Å²) in [6.45, 7) is 4.05. The molecule has 1 aromatic carbocycles. The predicted octanol–water partition coefficient (Wildman–Crippen LogP) is 1.14. The number of piperazine rings is 1. The molecule has 1 heterocycles. The maximum absolute atomic E-state index is 12.8. The number of rotatable bonds is 8. The number of aryl methyl sites for hydroxylation is 1. The highest BCUT2D eigenvalue weighted by Crippen LogP contribution is 2.27. The van der Waals surface area contributed by atoms with Crippen molar-refractivity contribution in [2.24, 2.45) is 0 Å². The number of amides is 1. The van der Waals surface area contributed by atoms with Crippen molar-refractivity contribution in [3.63, 3.8) is 0 Å². The fourth-order valence-corrected chi connectivity index (χ4v) is 6.00. The maximum Gasteiger partial charge on any atom is 0.246 e. The Kier molecular flexibility index (Phi) is 7.46. The van der Waals surface area contributed by atoms with E-state index in [0.29, 0.717) is 12.0 Å². The van der Waals surface area contributed by atoms with E-state index in [0.717, 1.165) is 12.8 Å². The first kappa shape index (κ1) is 22.6. The summed E-state index contributed by atoms with van der Waals surface area (Å²) < 4.78 is 50.9. The third-order valence-corrected chi connectivity index (χ3v) is 8.25. The molecule has 2 rings (SSSR count). The number of aromatic hydroxyl groups is 1. The molecule has 1 saturated heterocycles. The van der Waals surface area contributed by atoms with E-state index < -0.39 is 31.5 Å². The minimum Gasteiger partial charge on any atom is -0.507 e. The molecule has 10 heteroatoms. The van der Waals surface area contributed by atoms with Crippen LogP contribution >= 0.6 is 0 Å². The molecule has 0 saturated carbocycles. The quantitative estimate of drug-likeness (QED) is 0.617. The highest BCUT2D eigenvalue weighted by molar-refractivity contribution is 7.92. The zero-order chi connectivity index (χ0) is 20.9. The minimum atomic E-state index is -3.89. The Morgan fingerprint density at radius 2 is 1.71 bits per heavy atom. The van der Waals surface area contributed by atoms with Gasteiger partial charge in [-0.2, -0.15) is 4.31 Å². The minimum absolute atomic E-state index is 0.00639. The smallest absolute Gasteiger partial charge is 0.246 e. The number of hydrogen-bond acceptors (Lipinski definition) is 6. The largest absolute Gasteiger partial charge is 0.507 e. The van der Waals surface area contributed by atoms with Crippen LogP contribution in [0, 0.1) is 6.92 Å². The Morgan fingerprint density at radius 3 is 2.32 bits per heavy atom. The molecule has 0 unspecified atom stereocenters. The Morgan fingerprint density at radius 1 is 1.07 bits per heavy atom. The van der Waals surface area contributed by atoms with Crippen molar-refractivity contribution in [3.05, 3.63) is 23.8 Å². The van der Waals surface area contributed by atoms with Gasteiger partial charge >= 0.3 is 0 Å². The second-order valence-corrected chi connectivity index (χ2v) is 11.1. The van der Waals surface area contributed by atoms with Crippen molar-refractivity contribution in [2.45, 2.75) is 38.0 Å². The Bertz CT molecular complexity index is 904. The normalized spacial score (nSPS) is 16.3. The van der Waals surface area contributed by atoms with Crippen LogP contribution in [0.2, 0.25) is 0 Å². The number of unbranched alkanes of at least 4 members (excludes halogenated alkanes) is 2. The molecule has 1 aromatic rings. The number of sulfone groups is 1. The molecule has 0 radical (unpaired) electrons. The number of phenols is 1. The number of carbonyl (C=O) groups is 1. The molecule has 1 amide bonds. The average molecular weight is 433 g/mol. The van der Waals surface area contributed by atoms with Crippen molar-refractivity contribution >= 4 is 25.8 Å². The zero-order valence-corrected chi connectivity index (χ0v) is 17.9. The molecule has 1 aliphatic heterocycles. The number of nitrogens with zero attached hydrogens (tertiary/aromatic N) is 2. The summed E-state index contributed by atoms with van der Waals surface area (Å²) in [6, 6.07) is 4.36. The molecule has 158 valence electrons. The second-order valence-electron chi connectivity index (χ2n) is 7.06. The molecule has 1 aliphatic rings. The predicted molar refractivity (Wildman–Crippen MR) is 106 cm³/mol. The van der Waals surface area contributed by atoms with Gasteiger partial charge in [-0.25, -0.2) is 16.8 Å². The monoisotopic (exact) mass is 432 g/mol. The van der Waals surface area contributed by atoms with Gasteiger partial charge in [0.1, 0.15) is 16.4 Å². The average Bonchev–Trinajstić information content (AvgIpc) is 2.63. The van der Waals surface area contributed by atoms with Gasteiger partial charge in [0.25, 0.3) is 0 Å². The van der Waals surface area contributed by atoms with Crippen LogP contribution in [0.5, 0.6) is 5.75 Å². The lowest BCUT2D eigenvalue weighted by atomic mass is 10.2. The zero-order valence-electron chi connectivity index (χ0n) is 16.3. The van der Waals surface area contributed by atoms with Gasteiger partial charge in [-0.05, 0) is 31.0 Å². The molecule has 0 atom stereocenters. The third-order valence-electron chi connectivity index (χ3n) is 4.73. The highest BCUT2D eigenvalue weighted by atomic mass is 32.2.